The number of pyridine rings is 1. The van der Waals surface area contributed by atoms with E-state index in [2.05, 4.69) is 10.1 Å². The van der Waals surface area contributed by atoms with E-state index in [-0.39, 0.29) is 11.6 Å². The normalized spacial score (nSPS) is 23.8. The molecule has 0 radical (unpaired) electrons. The number of hydrogen-bond acceptors (Lipinski definition) is 9. The Kier molecular flexibility index (Phi) is 7.36. The number of aryl methyl sites for hydroxylation is 2. The van der Waals surface area contributed by atoms with Crippen LogP contribution < -0.4 is 4.74 Å². The molecule has 1 aliphatic rings. The third-order valence-electron chi connectivity index (χ3n) is 6.56. The zero-order chi connectivity index (χ0) is 25.9. The third-order valence-corrected chi connectivity index (χ3v) is 6.56. The van der Waals surface area contributed by atoms with E-state index in [1.165, 1.54) is 0 Å². The number of aliphatic hydroxyl groups excluding tert-OH is 4. The molecule has 0 spiro atoms. The van der Waals surface area contributed by atoms with Crippen molar-refractivity contribution >= 4 is 11.0 Å². The molecule has 194 valence electrons. The number of fused-ring (bicyclic) bond motifs is 1. The number of ether oxygens (including phenoxy) is 2. The van der Waals surface area contributed by atoms with Gasteiger partial charge >= 0.3 is 0 Å². The molecular weight excluding hydrogens is 478 g/mol. The van der Waals surface area contributed by atoms with Gasteiger partial charge in [0.2, 0.25) is 12.2 Å². The summed E-state index contributed by atoms with van der Waals surface area (Å²) in [5.41, 5.74) is 3.52. The van der Waals surface area contributed by atoms with E-state index in [1.807, 2.05) is 48.5 Å². The highest BCUT2D eigenvalue weighted by Gasteiger charge is 2.45. The lowest BCUT2D eigenvalue weighted by atomic mass is 9.99. The van der Waals surface area contributed by atoms with Gasteiger partial charge < -0.3 is 35.0 Å². The van der Waals surface area contributed by atoms with Gasteiger partial charge in [-0.05, 0) is 47.7 Å². The summed E-state index contributed by atoms with van der Waals surface area (Å²) in [4.78, 5) is 4.55. The zero-order valence-corrected chi connectivity index (χ0v) is 20.0. The predicted molar refractivity (Wildman–Crippen MR) is 133 cm³/mol. The van der Waals surface area contributed by atoms with Crippen molar-refractivity contribution in [2.75, 3.05) is 6.61 Å². The van der Waals surface area contributed by atoms with E-state index in [4.69, 9.17) is 9.47 Å². The average Bonchev–Trinajstić information content (AvgIpc) is 3.26. The lowest BCUT2D eigenvalue weighted by Gasteiger charge is -2.39. The Morgan fingerprint density at radius 1 is 0.865 bits per heavy atom. The molecule has 0 amide bonds. The van der Waals surface area contributed by atoms with Crippen molar-refractivity contribution in [3.63, 3.8) is 0 Å². The van der Waals surface area contributed by atoms with E-state index in [1.54, 1.807) is 23.0 Å². The first kappa shape index (κ1) is 25.1. The average molecular weight is 508 g/mol. The molecule has 3 heterocycles. The van der Waals surface area contributed by atoms with Gasteiger partial charge in [-0.2, -0.15) is 0 Å². The summed E-state index contributed by atoms with van der Waals surface area (Å²) in [5, 5.41) is 55.3. The van der Waals surface area contributed by atoms with Crippen molar-refractivity contribution in [3.8, 4) is 11.6 Å². The van der Waals surface area contributed by atoms with Crippen LogP contribution in [-0.4, -0.2) is 77.6 Å². The van der Waals surface area contributed by atoms with Gasteiger partial charge in [-0.25, -0.2) is 9.67 Å². The minimum atomic E-state index is -1.57. The Morgan fingerprint density at radius 3 is 2.35 bits per heavy atom. The molecule has 0 aliphatic carbocycles. The number of aromatic nitrogens is 3. The number of aromatic hydroxyl groups is 1. The molecule has 37 heavy (non-hydrogen) atoms. The highest BCUT2D eigenvalue weighted by Crippen LogP contribution is 2.32. The van der Waals surface area contributed by atoms with Gasteiger partial charge in [-0.15, -0.1) is 5.10 Å². The van der Waals surface area contributed by atoms with Crippen molar-refractivity contribution in [2.24, 2.45) is 0 Å². The van der Waals surface area contributed by atoms with Crippen LogP contribution in [0.15, 0.2) is 66.9 Å². The van der Waals surface area contributed by atoms with E-state index in [0.29, 0.717) is 30.4 Å². The predicted octanol–water partition coefficient (Wildman–Crippen LogP) is 1.15. The second-order valence-electron chi connectivity index (χ2n) is 9.10. The van der Waals surface area contributed by atoms with E-state index < -0.39 is 37.3 Å². The molecule has 4 aromatic rings. The smallest absolute Gasteiger partial charge is 0.245 e. The summed E-state index contributed by atoms with van der Waals surface area (Å²) in [5.74, 6) is 0.358. The third kappa shape index (κ3) is 5.29. The molecule has 5 rings (SSSR count). The van der Waals surface area contributed by atoms with Crippen LogP contribution in [0.25, 0.3) is 11.0 Å². The van der Waals surface area contributed by atoms with Crippen LogP contribution in [0.4, 0.5) is 0 Å². The second kappa shape index (κ2) is 10.8. The summed E-state index contributed by atoms with van der Waals surface area (Å²) in [6, 6.07) is 18.6. The number of phenols is 1. The maximum absolute atomic E-state index is 10.5. The maximum Gasteiger partial charge on any atom is 0.245 e. The molecule has 1 saturated heterocycles. The van der Waals surface area contributed by atoms with Crippen LogP contribution in [0, 0.1) is 0 Å². The van der Waals surface area contributed by atoms with Crippen molar-refractivity contribution in [2.45, 2.75) is 50.1 Å². The van der Waals surface area contributed by atoms with Crippen LogP contribution in [0.2, 0.25) is 0 Å². The number of aliphatic hydroxyl groups is 4. The Morgan fingerprint density at radius 2 is 1.62 bits per heavy atom. The number of hydrogen-bond donors (Lipinski definition) is 5. The molecule has 10 nitrogen and oxygen atoms in total. The lowest BCUT2D eigenvalue weighted by molar-refractivity contribution is -0.278. The Hall–Kier alpha value is -3.54. The van der Waals surface area contributed by atoms with Gasteiger partial charge in [0.25, 0.3) is 0 Å². The summed E-state index contributed by atoms with van der Waals surface area (Å²) in [6.45, 7) is -0.142. The van der Waals surface area contributed by atoms with Crippen LogP contribution in [0.3, 0.4) is 0 Å². The first-order chi connectivity index (χ1) is 17.9. The molecule has 1 aliphatic heterocycles. The van der Waals surface area contributed by atoms with Gasteiger partial charge in [0.1, 0.15) is 30.2 Å². The summed E-state index contributed by atoms with van der Waals surface area (Å²) < 4.78 is 13.3. The quantitative estimate of drug-likeness (QED) is 0.237. The Balaban J connectivity index is 1.50. The monoisotopic (exact) mass is 507 g/mol. The Bertz CT molecular complexity index is 1330. The summed E-state index contributed by atoms with van der Waals surface area (Å²) in [7, 11) is 0. The highest BCUT2D eigenvalue weighted by molar-refractivity contribution is 5.85. The van der Waals surface area contributed by atoms with Crippen molar-refractivity contribution in [1.82, 2.24) is 14.8 Å². The summed E-state index contributed by atoms with van der Waals surface area (Å²) >= 11 is 0. The second-order valence-corrected chi connectivity index (χ2v) is 9.10. The maximum atomic E-state index is 10.5. The van der Waals surface area contributed by atoms with E-state index in [0.717, 1.165) is 16.7 Å². The number of rotatable bonds is 8. The lowest BCUT2D eigenvalue weighted by Crippen LogP contribution is -2.60. The molecule has 5 atom stereocenters. The van der Waals surface area contributed by atoms with E-state index in [9.17, 15) is 25.5 Å². The molecular formula is C27H29N3O7. The van der Waals surface area contributed by atoms with Gasteiger partial charge in [-0.1, -0.05) is 42.5 Å². The van der Waals surface area contributed by atoms with Gasteiger partial charge in [0.15, 0.2) is 5.65 Å². The fraction of sp³-hybridized carbons (Fsp3) is 0.333. The molecule has 0 unspecified atom stereocenters. The summed E-state index contributed by atoms with van der Waals surface area (Å²) in [6.07, 6.45) is -4.10. The van der Waals surface area contributed by atoms with Crippen molar-refractivity contribution in [1.29, 1.82) is 0 Å². The number of nitrogens with zero attached hydrogens (tertiary/aromatic N) is 3. The molecule has 2 aromatic carbocycles. The van der Waals surface area contributed by atoms with Crippen LogP contribution >= 0.6 is 0 Å². The first-order valence-corrected chi connectivity index (χ1v) is 12.1. The number of benzene rings is 2. The minimum Gasteiger partial charge on any atom is -0.508 e. The van der Waals surface area contributed by atoms with Crippen molar-refractivity contribution < 1.29 is 35.0 Å². The highest BCUT2D eigenvalue weighted by atomic mass is 16.7. The molecule has 0 saturated carbocycles. The zero-order valence-electron chi connectivity index (χ0n) is 20.0. The van der Waals surface area contributed by atoms with Gasteiger partial charge in [-0.3, -0.25) is 0 Å². The fourth-order valence-corrected chi connectivity index (χ4v) is 4.50. The van der Waals surface area contributed by atoms with Gasteiger partial charge in [0.05, 0.1) is 18.5 Å². The van der Waals surface area contributed by atoms with Crippen LogP contribution in [0.5, 0.6) is 11.6 Å². The minimum absolute atomic E-state index is 0.157. The van der Waals surface area contributed by atoms with Crippen LogP contribution in [0.1, 0.15) is 16.7 Å². The molecule has 1 fully saturated rings. The molecule has 2 aromatic heterocycles. The molecule has 10 heteroatoms. The fourth-order valence-electron chi connectivity index (χ4n) is 4.50. The Labute approximate surface area is 213 Å². The molecule has 5 N–H and O–H groups in total. The SMILES string of the molecule is OC[C@H]1O[C@@H](Oc2nn(Cc3ccccc3)c3nccc(CCc4ccc(O)cc4)c23)[C@H](O)[C@@H](O)[C@@H]1O. The number of phenolic OH excluding ortho intramolecular Hbond substituents is 1. The van der Waals surface area contributed by atoms with Gasteiger partial charge in [0, 0.05) is 6.20 Å². The molecule has 0 bridgehead atoms. The first-order valence-electron chi connectivity index (χ1n) is 12.1. The van der Waals surface area contributed by atoms with Crippen molar-refractivity contribution in [3.05, 3.63) is 83.6 Å². The topological polar surface area (TPSA) is 150 Å². The standard InChI is InChI=1S/C27H29N3O7/c31-15-20-22(33)23(34)24(35)27(36-20)37-26-21-18(9-6-16-7-10-19(32)11-8-16)12-13-28-25(21)30(29-26)14-17-4-2-1-3-5-17/h1-5,7-8,10-13,20,22-24,27,31-35H,6,9,14-15H2/t20-,22-,23+,24-,27+/m1/s1. The largest absolute Gasteiger partial charge is 0.508 e. The van der Waals surface area contributed by atoms with E-state index >= 15 is 0 Å². The van der Waals surface area contributed by atoms with Crippen LogP contribution in [-0.2, 0) is 24.1 Å².